The summed E-state index contributed by atoms with van der Waals surface area (Å²) in [4.78, 5) is 11.4. The fraction of sp³-hybridized carbons (Fsp3) is 0.611. The predicted octanol–water partition coefficient (Wildman–Crippen LogP) is 3.08. The van der Waals surface area contributed by atoms with Crippen LogP contribution >= 0.6 is 15.9 Å². The van der Waals surface area contributed by atoms with Gasteiger partial charge in [-0.1, -0.05) is 6.92 Å². The molecule has 3 rings (SSSR count). The number of hydrogen-bond acceptors (Lipinski definition) is 3. The molecule has 5 heteroatoms. The lowest BCUT2D eigenvalue weighted by Crippen LogP contribution is -2.34. The van der Waals surface area contributed by atoms with Crippen molar-refractivity contribution in [2.75, 3.05) is 13.2 Å². The molecule has 0 bridgehead atoms. The van der Waals surface area contributed by atoms with Gasteiger partial charge in [-0.25, -0.2) is 0 Å². The number of carbonyl (C=O) groups excluding carboxylic acids is 1. The highest BCUT2D eigenvalue weighted by Crippen LogP contribution is 2.49. The highest BCUT2D eigenvalue weighted by Gasteiger charge is 2.40. The Labute approximate surface area is 145 Å². The minimum atomic E-state index is -0.524. The van der Waals surface area contributed by atoms with Crippen molar-refractivity contribution in [3.8, 4) is 5.75 Å². The highest BCUT2D eigenvalue weighted by molar-refractivity contribution is 9.10. The number of ether oxygens (including phenoxy) is 1. The van der Waals surface area contributed by atoms with Gasteiger partial charge >= 0.3 is 0 Å². The summed E-state index contributed by atoms with van der Waals surface area (Å²) in [5.74, 6) is 1.47. The first-order valence-electron chi connectivity index (χ1n) is 8.38. The summed E-state index contributed by atoms with van der Waals surface area (Å²) in [7, 11) is 0. The van der Waals surface area contributed by atoms with Crippen molar-refractivity contribution < 1.29 is 14.6 Å². The normalized spacial score (nSPS) is 25.0. The summed E-state index contributed by atoms with van der Waals surface area (Å²) in [6.45, 7) is 4.56. The second-order valence-electron chi connectivity index (χ2n) is 6.85. The number of rotatable bonds is 5. The third kappa shape index (κ3) is 3.13. The van der Waals surface area contributed by atoms with Gasteiger partial charge in [-0.15, -0.1) is 0 Å². The molecule has 0 spiro atoms. The van der Waals surface area contributed by atoms with Gasteiger partial charge in [-0.2, -0.15) is 0 Å². The first-order chi connectivity index (χ1) is 11.0. The van der Waals surface area contributed by atoms with E-state index in [0.29, 0.717) is 12.3 Å². The lowest BCUT2D eigenvalue weighted by molar-refractivity contribution is -0.120. The number of halogens is 1. The first kappa shape index (κ1) is 16.8. The van der Waals surface area contributed by atoms with Crippen LogP contribution in [-0.2, 0) is 17.6 Å². The fourth-order valence-corrected chi connectivity index (χ4v) is 4.37. The molecule has 2 N–H and O–H groups in total. The van der Waals surface area contributed by atoms with E-state index >= 15 is 0 Å². The molecule has 1 aliphatic heterocycles. The first-order valence-corrected chi connectivity index (χ1v) is 9.17. The van der Waals surface area contributed by atoms with Crippen molar-refractivity contribution in [2.24, 2.45) is 0 Å². The molecule has 1 aromatic rings. The summed E-state index contributed by atoms with van der Waals surface area (Å²) in [5, 5.41) is 12.6. The summed E-state index contributed by atoms with van der Waals surface area (Å²) >= 11 is 3.62. The summed E-state index contributed by atoms with van der Waals surface area (Å²) in [6.07, 6.45) is 4.44. The SMILES string of the molecule is CCC(=O)NCCC1CCc2cc(Br)c3c(c21)CC(C)(CO)O3. The number of amides is 1. The van der Waals surface area contributed by atoms with E-state index in [0.717, 1.165) is 42.5 Å². The smallest absolute Gasteiger partial charge is 0.219 e. The van der Waals surface area contributed by atoms with Crippen molar-refractivity contribution >= 4 is 21.8 Å². The summed E-state index contributed by atoms with van der Waals surface area (Å²) in [6, 6.07) is 2.17. The molecule has 0 saturated heterocycles. The van der Waals surface area contributed by atoms with Crippen molar-refractivity contribution in [1.82, 2.24) is 5.32 Å². The predicted molar refractivity (Wildman–Crippen MR) is 92.9 cm³/mol. The minimum Gasteiger partial charge on any atom is -0.483 e. The van der Waals surface area contributed by atoms with Gasteiger partial charge in [0.15, 0.2) is 0 Å². The Morgan fingerprint density at radius 1 is 1.57 bits per heavy atom. The number of fused-ring (bicyclic) bond motifs is 3. The Morgan fingerprint density at radius 3 is 3.04 bits per heavy atom. The lowest BCUT2D eigenvalue weighted by atomic mass is 9.89. The number of carbonyl (C=O) groups is 1. The molecule has 2 aliphatic rings. The Kier molecular flexibility index (Phi) is 4.70. The van der Waals surface area contributed by atoms with E-state index in [1.165, 1.54) is 16.7 Å². The second-order valence-corrected chi connectivity index (χ2v) is 7.71. The number of hydrogen-bond donors (Lipinski definition) is 2. The van der Waals surface area contributed by atoms with Gasteiger partial charge in [0, 0.05) is 24.9 Å². The largest absolute Gasteiger partial charge is 0.483 e. The van der Waals surface area contributed by atoms with Crippen molar-refractivity contribution in [2.45, 2.75) is 57.5 Å². The van der Waals surface area contributed by atoms with Crippen LogP contribution in [0.2, 0.25) is 0 Å². The Hall–Kier alpha value is -1.07. The van der Waals surface area contributed by atoms with Crippen molar-refractivity contribution in [3.63, 3.8) is 0 Å². The Balaban J connectivity index is 1.83. The topological polar surface area (TPSA) is 58.6 Å². The Bertz CT molecular complexity index is 631. The molecular formula is C18H24BrNO3. The van der Waals surface area contributed by atoms with Crippen LogP contribution in [0, 0.1) is 0 Å². The van der Waals surface area contributed by atoms with Gasteiger partial charge in [-0.3, -0.25) is 4.79 Å². The van der Waals surface area contributed by atoms with E-state index in [-0.39, 0.29) is 12.5 Å². The van der Waals surface area contributed by atoms with E-state index in [2.05, 4.69) is 27.3 Å². The molecule has 1 aliphatic carbocycles. The Morgan fingerprint density at radius 2 is 2.35 bits per heavy atom. The molecule has 0 radical (unpaired) electrons. The van der Waals surface area contributed by atoms with Crippen LogP contribution in [0.25, 0.3) is 0 Å². The monoisotopic (exact) mass is 381 g/mol. The molecule has 1 aromatic carbocycles. The average molecular weight is 382 g/mol. The van der Waals surface area contributed by atoms with Crippen LogP contribution in [0.3, 0.4) is 0 Å². The molecule has 2 unspecified atom stereocenters. The van der Waals surface area contributed by atoms with Gasteiger partial charge < -0.3 is 15.2 Å². The lowest BCUT2D eigenvalue weighted by Gasteiger charge is -2.20. The zero-order valence-electron chi connectivity index (χ0n) is 13.7. The summed E-state index contributed by atoms with van der Waals surface area (Å²) in [5.41, 5.74) is 3.50. The number of aryl methyl sites for hydroxylation is 1. The van der Waals surface area contributed by atoms with Crippen LogP contribution in [0.15, 0.2) is 10.5 Å². The van der Waals surface area contributed by atoms with E-state index in [9.17, 15) is 9.90 Å². The third-order valence-corrected chi connectivity index (χ3v) is 5.59. The quantitative estimate of drug-likeness (QED) is 0.823. The molecule has 0 fully saturated rings. The molecule has 2 atom stereocenters. The standard InChI is InChI=1S/C18H24BrNO3/c1-3-15(22)20-7-6-11-4-5-12-8-14(19)17-13(16(11)12)9-18(2,10-21)23-17/h8,11,21H,3-7,9-10H2,1-2H3,(H,20,22). The molecule has 126 valence electrons. The zero-order valence-corrected chi connectivity index (χ0v) is 15.3. The number of benzene rings is 1. The average Bonchev–Trinajstić information content (AvgIpc) is 3.09. The third-order valence-electron chi connectivity index (χ3n) is 5.00. The van der Waals surface area contributed by atoms with E-state index in [4.69, 9.17) is 4.74 Å². The second kappa shape index (κ2) is 6.44. The van der Waals surface area contributed by atoms with E-state index in [1.54, 1.807) is 0 Å². The minimum absolute atomic E-state index is 0.0140. The van der Waals surface area contributed by atoms with E-state index < -0.39 is 5.60 Å². The molecular weight excluding hydrogens is 358 g/mol. The molecule has 23 heavy (non-hydrogen) atoms. The van der Waals surface area contributed by atoms with Crippen LogP contribution in [0.1, 0.15) is 55.7 Å². The zero-order chi connectivity index (χ0) is 16.6. The fourth-order valence-electron chi connectivity index (χ4n) is 3.78. The van der Waals surface area contributed by atoms with Gasteiger partial charge in [0.25, 0.3) is 0 Å². The molecule has 0 saturated carbocycles. The summed E-state index contributed by atoms with van der Waals surface area (Å²) < 4.78 is 7.03. The highest BCUT2D eigenvalue weighted by atomic mass is 79.9. The number of aliphatic hydroxyl groups is 1. The van der Waals surface area contributed by atoms with Gasteiger partial charge in [-0.05, 0) is 65.2 Å². The number of nitrogens with one attached hydrogen (secondary N) is 1. The van der Waals surface area contributed by atoms with Crippen LogP contribution < -0.4 is 10.1 Å². The van der Waals surface area contributed by atoms with Gasteiger partial charge in [0.2, 0.25) is 5.91 Å². The van der Waals surface area contributed by atoms with Crippen LogP contribution in [-0.4, -0.2) is 29.8 Å². The van der Waals surface area contributed by atoms with E-state index in [1.807, 2.05) is 13.8 Å². The maximum atomic E-state index is 11.4. The molecule has 1 amide bonds. The molecule has 4 nitrogen and oxygen atoms in total. The maximum absolute atomic E-state index is 11.4. The maximum Gasteiger partial charge on any atom is 0.219 e. The van der Waals surface area contributed by atoms with Crippen LogP contribution in [0.4, 0.5) is 0 Å². The van der Waals surface area contributed by atoms with Crippen LogP contribution in [0.5, 0.6) is 5.75 Å². The van der Waals surface area contributed by atoms with Crippen molar-refractivity contribution in [1.29, 1.82) is 0 Å². The molecule has 0 aromatic heterocycles. The van der Waals surface area contributed by atoms with Crippen molar-refractivity contribution in [3.05, 3.63) is 27.2 Å². The van der Waals surface area contributed by atoms with Gasteiger partial charge in [0.05, 0.1) is 11.1 Å². The van der Waals surface area contributed by atoms with Gasteiger partial charge in [0.1, 0.15) is 11.4 Å². The molecule has 1 heterocycles. The number of aliphatic hydroxyl groups excluding tert-OH is 1.